The van der Waals surface area contributed by atoms with E-state index in [1.54, 1.807) is 11.0 Å². The molecule has 0 bridgehead atoms. The van der Waals surface area contributed by atoms with Gasteiger partial charge in [-0.1, -0.05) is 78.9 Å². The fourth-order valence-electron chi connectivity index (χ4n) is 6.02. The Balaban J connectivity index is 1.47. The zero-order chi connectivity index (χ0) is 24.6. The van der Waals surface area contributed by atoms with Gasteiger partial charge < -0.3 is 4.90 Å². The van der Waals surface area contributed by atoms with Crippen LogP contribution >= 0.6 is 0 Å². The Bertz CT molecular complexity index is 1180. The molecule has 0 N–H and O–H groups in total. The van der Waals surface area contributed by atoms with Gasteiger partial charge in [0.1, 0.15) is 5.78 Å². The quantitative estimate of drug-likeness (QED) is 0.486. The number of benzene rings is 3. The lowest BCUT2D eigenvalue weighted by Gasteiger charge is -2.45. The average Bonchev–Trinajstić information content (AvgIpc) is 3.33. The van der Waals surface area contributed by atoms with E-state index in [2.05, 4.69) is 24.3 Å². The van der Waals surface area contributed by atoms with E-state index in [4.69, 9.17) is 0 Å². The number of Topliss-reactive ketones (excluding diaryl/α,β-unsaturated/α-hetero) is 1. The zero-order valence-electron chi connectivity index (χ0n) is 19.2. The van der Waals surface area contributed by atoms with E-state index in [1.807, 2.05) is 36.4 Å². The minimum atomic E-state index is -4.46. The van der Waals surface area contributed by atoms with E-state index in [9.17, 15) is 22.8 Å². The maximum absolute atomic E-state index is 13.2. The first-order valence-electron chi connectivity index (χ1n) is 11.9. The van der Waals surface area contributed by atoms with Crippen molar-refractivity contribution in [3.8, 4) is 0 Å². The second-order valence-electron chi connectivity index (χ2n) is 9.56. The summed E-state index contributed by atoms with van der Waals surface area (Å²) in [5, 5.41) is 0. The number of alkyl halides is 3. The van der Waals surface area contributed by atoms with Gasteiger partial charge in [-0.2, -0.15) is 13.2 Å². The molecular weight excluding hydrogens is 451 g/mol. The summed E-state index contributed by atoms with van der Waals surface area (Å²) >= 11 is 0. The summed E-state index contributed by atoms with van der Waals surface area (Å²) in [5.74, 6) is -0.484. The van der Waals surface area contributed by atoms with Crippen molar-refractivity contribution in [1.82, 2.24) is 4.90 Å². The van der Waals surface area contributed by atoms with Gasteiger partial charge in [-0.05, 0) is 29.2 Å². The summed E-state index contributed by atoms with van der Waals surface area (Å²) in [4.78, 5) is 28.0. The summed E-state index contributed by atoms with van der Waals surface area (Å²) in [6, 6.07) is 25.2. The number of carbonyl (C=O) groups is 2. The Morgan fingerprint density at radius 1 is 0.886 bits per heavy atom. The van der Waals surface area contributed by atoms with Gasteiger partial charge in [-0.3, -0.25) is 9.59 Å². The lowest BCUT2D eigenvalue weighted by Crippen LogP contribution is -2.47. The molecule has 3 aromatic rings. The van der Waals surface area contributed by atoms with Crippen LogP contribution in [0.25, 0.3) is 0 Å². The standard InChI is InChI=1S/C29H26F3NO2/c30-29(31,32)23-13-7-8-20(16-23)17-27(35)33-18-24-25(19-33)28(15-14-26(24)34,21-9-3-1-4-10-21)22-11-5-2-6-12-22/h1-13,16,24-25H,14-15,17-19H2. The van der Waals surface area contributed by atoms with Crippen molar-refractivity contribution >= 4 is 11.7 Å². The normalized spacial score (nSPS) is 21.6. The van der Waals surface area contributed by atoms with Crippen LogP contribution in [0.2, 0.25) is 0 Å². The Hall–Kier alpha value is -3.41. The summed E-state index contributed by atoms with van der Waals surface area (Å²) in [7, 11) is 0. The van der Waals surface area contributed by atoms with E-state index >= 15 is 0 Å². The Morgan fingerprint density at radius 3 is 2.11 bits per heavy atom. The second-order valence-corrected chi connectivity index (χ2v) is 9.56. The molecular formula is C29H26F3NO2. The highest BCUT2D eigenvalue weighted by Gasteiger charge is 2.55. The summed E-state index contributed by atoms with van der Waals surface area (Å²) in [6.07, 6.45) is -3.49. The fraction of sp³-hybridized carbons (Fsp3) is 0.310. The van der Waals surface area contributed by atoms with Crippen LogP contribution < -0.4 is 0 Å². The van der Waals surface area contributed by atoms with Gasteiger partial charge in [-0.15, -0.1) is 0 Å². The first kappa shape index (κ1) is 23.3. The first-order valence-corrected chi connectivity index (χ1v) is 11.9. The van der Waals surface area contributed by atoms with Gasteiger partial charge >= 0.3 is 6.18 Å². The average molecular weight is 478 g/mol. The summed E-state index contributed by atoms with van der Waals surface area (Å²) < 4.78 is 39.4. The van der Waals surface area contributed by atoms with Crippen molar-refractivity contribution in [2.24, 2.45) is 11.8 Å². The Morgan fingerprint density at radius 2 is 1.51 bits per heavy atom. The van der Waals surface area contributed by atoms with E-state index in [0.29, 0.717) is 31.5 Å². The van der Waals surface area contributed by atoms with Crippen molar-refractivity contribution in [1.29, 1.82) is 0 Å². The smallest absolute Gasteiger partial charge is 0.341 e. The monoisotopic (exact) mass is 477 g/mol. The molecule has 2 fully saturated rings. The van der Waals surface area contributed by atoms with Gasteiger partial charge in [0, 0.05) is 36.8 Å². The Kier molecular flexibility index (Phi) is 5.99. The number of fused-ring (bicyclic) bond motifs is 1. The number of rotatable bonds is 4. The molecule has 0 aromatic heterocycles. The highest BCUT2D eigenvalue weighted by molar-refractivity contribution is 5.86. The number of hydrogen-bond acceptors (Lipinski definition) is 2. The van der Waals surface area contributed by atoms with Gasteiger partial charge in [-0.25, -0.2) is 0 Å². The largest absolute Gasteiger partial charge is 0.416 e. The molecule has 2 aliphatic rings. The maximum Gasteiger partial charge on any atom is 0.416 e. The topological polar surface area (TPSA) is 37.4 Å². The van der Waals surface area contributed by atoms with Crippen molar-refractivity contribution in [2.45, 2.75) is 30.9 Å². The molecule has 3 aromatic carbocycles. The van der Waals surface area contributed by atoms with E-state index in [1.165, 1.54) is 6.07 Å². The highest BCUT2D eigenvalue weighted by Crippen LogP contribution is 2.52. The predicted octanol–water partition coefficient (Wildman–Crippen LogP) is 5.67. The molecule has 1 saturated heterocycles. The Labute approximate surface area is 202 Å². The number of halogens is 3. The molecule has 1 heterocycles. The zero-order valence-corrected chi connectivity index (χ0v) is 19.2. The molecule has 6 heteroatoms. The van der Waals surface area contributed by atoms with Crippen molar-refractivity contribution in [3.63, 3.8) is 0 Å². The first-order chi connectivity index (χ1) is 16.8. The van der Waals surface area contributed by atoms with Crippen LogP contribution in [-0.4, -0.2) is 29.7 Å². The van der Waals surface area contributed by atoms with Crippen LogP contribution in [0, 0.1) is 11.8 Å². The molecule has 2 unspecified atom stereocenters. The maximum atomic E-state index is 13.2. The summed E-state index contributed by atoms with van der Waals surface area (Å²) in [5.41, 5.74) is 1.40. The lowest BCUT2D eigenvalue weighted by molar-refractivity contribution is -0.138. The van der Waals surface area contributed by atoms with Gasteiger partial charge in [0.2, 0.25) is 5.91 Å². The van der Waals surface area contributed by atoms with Crippen LogP contribution in [0.15, 0.2) is 84.9 Å². The molecule has 1 aliphatic heterocycles. The van der Waals surface area contributed by atoms with Gasteiger partial charge in [0.15, 0.2) is 0 Å². The van der Waals surface area contributed by atoms with Gasteiger partial charge in [0.25, 0.3) is 0 Å². The van der Waals surface area contributed by atoms with E-state index in [-0.39, 0.29) is 29.9 Å². The third-order valence-corrected chi connectivity index (χ3v) is 7.67. The van der Waals surface area contributed by atoms with E-state index < -0.39 is 17.2 Å². The molecule has 3 nitrogen and oxygen atoms in total. The predicted molar refractivity (Wildman–Crippen MR) is 127 cm³/mol. The molecule has 35 heavy (non-hydrogen) atoms. The number of carbonyl (C=O) groups excluding carboxylic acids is 2. The highest BCUT2D eigenvalue weighted by atomic mass is 19.4. The fourth-order valence-corrected chi connectivity index (χ4v) is 6.02. The van der Waals surface area contributed by atoms with Gasteiger partial charge in [0.05, 0.1) is 12.0 Å². The molecule has 180 valence electrons. The second kappa shape index (κ2) is 8.99. The van der Waals surface area contributed by atoms with Crippen molar-refractivity contribution in [3.05, 3.63) is 107 Å². The van der Waals surface area contributed by atoms with Crippen LogP contribution in [0.3, 0.4) is 0 Å². The number of hydrogen-bond donors (Lipinski definition) is 0. The molecule has 5 rings (SSSR count). The molecule has 0 radical (unpaired) electrons. The molecule has 2 atom stereocenters. The SMILES string of the molecule is O=C1CCC(c2ccccc2)(c2ccccc2)C2CN(C(=O)Cc3cccc(C(F)(F)F)c3)CC12. The summed E-state index contributed by atoms with van der Waals surface area (Å²) in [6.45, 7) is 0.709. The number of likely N-dealkylation sites (tertiary alicyclic amines) is 1. The van der Waals surface area contributed by atoms with Crippen molar-refractivity contribution in [2.75, 3.05) is 13.1 Å². The number of nitrogens with zero attached hydrogens (tertiary/aromatic N) is 1. The molecule has 1 amide bonds. The lowest BCUT2D eigenvalue weighted by atomic mass is 9.56. The minimum absolute atomic E-state index is 0.0981. The number of amides is 1. The minimum Gasteiger partial charge on any atom is -0.341 e. The van der Waals surface area contributed by atoms with Crippen LogP contribution in [0.5, 0.6) is 0 Å². The van der Waals surface area contributed by atoms with Crippen LogP contribution in [0.1, 0.15) is 35.1 Å². The molecule has 0 spiro atoms. The van der Waals surface area contributed by atoms with Crippen LogP contribution in [-0.2, 0) is 27.6 Å². The van der Waals surface area contributed by atoms with E-state index in [0.717, 1.165) is 23.3 Å². The van der Waals surface area contributed by atoms with Crippen molar-refractivity contribution < 1.29 is 22.8 Å². The third-order valence-electron chi connectivity index (χ3n) is 7.67. The van der Waals surface area contributed by atoms with Crippen LogP contribution in [0.4, 0.5) is 13.2 Å². The third kappa shape index (κ3) is 4.26. The molecule has 1 saturated carbocycles. The molecule has 1 aliphatic carbocycles. The number of ketones is 1.